The fourth-order valence-electron chi connectivity index (χ4n) is 1.71. The van der Waals surface area contributed by atoms with Crippen molar-refractivity contribution in [2.24, 2.45) is 0 Å². The predicted molar refractivity (Wildman–Crippen MR) is 83.5 cm³/mol. The second-order valence-electron chi connectivity index (χ2n) is 4.36. The van der Waals surface area contributed by atoms with E-state index < -0.39 is 6.10 Å². The van der Waals surface area contributed by atoms with Crippen molar-refractivity contribution in [2.45, 2.75) is 13.0 Å². The third kappa shape index (κ3) is 3.26. The number of halogens is 2. The zero-order chi connectivity index (χ0) is 15.5. The molecule has 0 spiro atoms. The normalized spacial score (nSPS) is 12.1. The molecule has 2 heterocycles. The summed E-state index contributed by atoms with van der Waals surface area (Å²) in [5.41, 5.74) is 0. The zero-order valence-electron chi connectivity index (χ0n) is 11.4. The monoisotopic (exact) mass is 380 g/mol. The summed E-state index contributed by atoms with van der Waals surface area (Å²) in [4.78, 5) is 12.4. The molecule has 3 aromatic rings. The minimum Gasteiger partial charge on any atom is -0.481 e. The van der Waals surface area contributed by atoms with Gasteiger partial charge in [0.15, 0.2) is 6.10 Å². The second-order valence-corrected chi connectivity index (χ2v) is 5.69. The first kappa shape index (κ1) is 14.9. The molecule has 0 aliphatic heterocycles. The third-order valence-corrected chi connectivity index (χ3v) is 3.55. The summed E-state index contributed by atoms with van der Waals surface area (Å²) >= 11 is 9.47. The molecule has 0 fully saturated rings. The summed E-state index contributed by atoms with van der Waals surface area (Å²) in [7, 11) is 0. The number of nitrogens with zero attached hydrogens (tertiary/aromatic N) is 4. The van der Waals surface area contributed by atoms with Crippen LogP contribution in [0.25, 0.3) is 11.7 Å². The first-order valence-corrected chi connectivity index (χ1v) is 7.53. The van der Waals surface area contributed by atoms with E-state index in [0.717, 1.165) is 4.47 Å². The van der Waals surface area contributed by atoms with E-state index in [1.807, 2.05) is 6.07 Å². The average Bonchev–Trinajstić information content (AvgIpc) is 3.01. The Morgan fingerprint density at radius 2 is 2.05 bits per heavy atom. The van der Waals surface area contributed by atoms with Crippen molar-refractivity contribution in [3.05, 3.63) is 52.0 Å². The van der Waals surface area contributed by atoms with Gasteiger partial charge in [-0.15, -0.1) is 0 Å². The van der Waals surface area contributed by atoms with Gasteiger partial charge in [0.2, 0.25) is 11.6 Å². The topological polar surface area (TPSA) is 73.9 Å². The summed E-state index contributed by atoms with van der Waals surface area (Å²) in [6.45, 7) is 1.80. The van der Waals surface area contributed by atoms with E-state index in [-0.39, 0.29) is 5.89 Å². The summed E-state index contributed by atoms with van der Waals surface area (Å²) in [5.74, 6) is 1.55. The number of hydrogen-bond acceptors (Lipinski definition) is 6. The maximum absolute atomic E-state index is 6.12. The molecular formula is C14H10BrClN4O2. The van der Waals surface area contributed by atoms with Crippen molar-refractivity contribution in [1.29, 1.82) is 0 Å². The minimum absolute atomic E-state index is 0.243. The maximum Gasteiger partial charge on any atom is 0.295 e. The van der Waals surface area contributed by atoms with Gasteiger partial charge >= 0.3 is 0 Å². The van der Waals surface area contributed by atoms with Crippen LogP contribution in [0.3, 0.4) is 0 Å². The van der Waals surface area contributed by atoms with Crippen LogP contribution < -0.4 is 4.74 Å². The van der Waals surface area contributed by atoms with Gasteiger partial charge in [-0.25, -0.2) is 9.97 Å². The van der Waals surface area contributed by atoms with Gasteiger partial charge in [0.25, 0.3) is 5.89 Å². The predicted octanol–water partition coefficient (Wildman–Crippen LogP) is 4.08. The Kier molecular flexibility index (Phi) is 4.35. The van der Waals surface area contributed by atoms with Crippen LogP contribution >= 0.6 is 27.5 Å². The van der Waals surface area contributed by atoms with Gasteiger partial charge in [0.1, 0.15) is 5.75 Å². The van der Waals surface area contributed by atoms with Crippen molar-refractivity contribution in [2.75, 3.05) is 0 Å². The highest BCUT2D eigenvalue weighted by Crippen LogP contribution is 2.31. The molecular weight excluding hydrogens is 372 g/mol. The van der Waals surface area contributed by atoms with Gasteiger partial charge in [0.05, 0.1) is 5.02 Å². The molecule has 0 saturated heterocycles. The molecule has 1 unspecified atom stereocenters. The minimum atomic E-state index is -0.431. The van der Waals surface area contributed by atoms with Crippen LogP contribution in [0.1, 0.15) is 18.9 Å². The van der Waals surface area contributed by atoms with Crippen LogP contribution in [0.2, 0.25) is 5.02 Å². The van der Waals surface area contributed by atoms with Gasteiger partial charge < -0.3 is 9.26 Å². The molecule has 0 amide bonds. The SMILES string of the molecule is CC(Oc1ccc(Br)cc1Cl)c1noc(-c2ncccn2)n1. The molecule has 1 aromatic carbocycles. The fourth-order valence-corrected chi connectivity index (χ4v) is 2.43. The molecule has 22 heavy (non-hydrogen) atoms. The summed E-state index contributed by atoms with van der Waals surface area (Å²) in [6, 6.07) is 7.07. The Bertz CT molecular complexity index is 782. The van der Waals surface area contributed by atoms with Crippen LogP contribution in [0.4, 0.5) is 0 Å². The highest BCUT2D eigenvalue weighted by atomic mass is 79.9. The maximum atomic E-state index is 6.12. The van der Waals surface area contributed by atoms with Crippen molar-refractivity contribution in [3.8, 4) is 17.5 Å². The molecule has 6 nitrogen and oxygen atoms in total. The molecule has 3 rings (SSSR count). The quantitative estimate of drug-likeness (QED) is 0.678. The smallest absolute Gasteiger partial charge is 0.295 e. The molecule has 0 radical (unpaired) electrons. The van der Waals surface area contributed by atoms with E-state index in [2.05, 4.69) is 36.0 Å². The molecule has 112 valence electrons. The molecule has 0 bridgehead atoms. The first-order chi connectivity index (χ1) is 10.6. The third-order valence-electron chi connectivity index (χ3n) is 2.76. The summed E-state index contributed by atoms with van der Waals surface area (Å²) in [5, 5.41) is 4.39. The number of ether oxygens (including phenoxy) is 1. The lowest BCUT2D eigenvalue weighted by Gasteiger charge is -2.12. The van der Waals surface area contributed by atoms with Gasteiger partial charge in [-0.2, -0.15) is 4.98 Å². The van der Waals surface area contributed by atoms with E-state index in [1.54, 1.807) is 37.5 Å². The van der Waals surface area contributed by atoms with Crippen molar-refractivity contribution in [1.82, 2.24) is 20.1 Å². The van der Waals surface area contributed by atoms with Crippen LogP contribution in [0.15, 0.2) is 45.7 Å². The van der Waals surface area contributed by atoms with Crippen LogP contribution in [-0.4, -0.2) is 20.1 Å². The average molecular weight is 382 g/mol. The van der Waals surface area contributed by atoms with E-state index in [4.69, 9.17) is 20.9 Å². The fraction of sp³-hybridized carbons (Fsp3) is 0.143. The number of aromatic nitrogens is 4. The molecule has 0 N–H and O–H groups in total. The second kappa shape index (κ2) is 6.41. The first-order valence-electron chi connectivity index (χ1n) is 6.36. The Hall–Kier alpha value is -1.99. The Morgan fingerprint density at radius 1 is 1.27 bits per heavy atom. The lowest BCUT2D eigenvalue weighted by molar-refractivity contribution is 0.211. The Labute approximate surface area is 139 Å². The van der Waals surface area contributed by atoms with Crippen LogP contribution in [-0.2, 0) is 0 Å². The van der Waals surface area contributed by atoms with Gasteiger partial charge in [-0.1, -0.05) is 32.7 Å². The highest BCUT2D eigenvalue weighted by molar-refractivity contribution is 9.10. The molecule has 2 aromatic heterocycles. The molecule has 0 aliphatic rings. The van der Waals surface area contributed by atoms with E-state index in [1.165, 1.54) is 0 Å². The standard InChI is InChI=1S/C14H10BrClN4O2/c1-8(21-11-4-3-9(15)7-10(11)16)12-19-14(22-20-12)13-17-5-2-6-18-13/h2-8H,1H3. The molecule has 0 aliphatic carbocycles. The van der Waals surface area contributed by atoms with Crippen molar-refractivity contribution < 1.29 is 9.26 Å². The van der Waals surface area contributed by atoms with E-state index in [0.29, 0.717) is 22.4 Å². The van der Waals surface area contributed by atoms with Crippen molar-refractivity contribution in [3.63, 3.8) is 0 Å². The summed E-state index contributed by atoms with van der Waals surface area (Å²) in [6.07, 6.45) is 2.78. The molecule has 1 atom stereocenters. The zero-order valence-corrected chi connectivity index (χ0v) is 13.7. The number of benzene rings is 1. The highest BCUT2D eigenvalue weighted by Gasteiger charge is 2.18. The van der Waals surface area contributed by atoms with E-state index >= 15 is 0 Å². The molecule has 0 saturated carbocycles. The Balaban J connectivity index is 1.78. The number of hydrogen-bond donors (Lipinski definition) is 0. The van der Waals surface area contributed by atoms with Crippen LogP contribution in [0, 0.1) is 0 Å². The van der Waals surface area contributed by atoms with Crippen molar-refractivity contribution >= 4 is 27.5 Å². The lowest BCUT2D eigenvalue weighted by atomic mass is 10.3. The van der Waals surface area contributed by atoms with Gasteiger partial charge in [-0.05, 0) is 31.2 Å². The largest absolute Gasteiger partial charge is 0.481 e. The van der Waals surface area contributed by atoms with E-state index in [9.17, 15) is 0 Å². The number of rotatable bonds is 4. The van der Waals surface area contributed by atoms with Gasteiger partial charge in [-0.3, -0.25) is 0 Å². The lowest BCUT2D eigenvalue weighted by Crippen LogP contribution is -2.05. The van der Waals surface area contributed by atoms with Crippen LogP contribution in [0.5, 0.6) is 5.75 Å². The summed E-state index contributed by atoms with van der Waals surface area (Å²) < 4.78 is 11.8. The Morgan fingerprint density at radius 3 is 2.77 bits per heavy atom. The molecule has 8 heteroatoms. The van der Waals surface area contributed by atoms with Gasteiger partial charge in [0, 0.05) is 16.9 Å².